The fourth-order valence-corrected chi connectivity index (χ4v) is 3.10. The molecule has 0 bridgehead atoms. The highest BCUT2D eigenvalue weighted by atomic mass is 32.1. The van der Waals surface area contributed by atoms with Crippen LogP contribution in [0.4, 0.5) is 5.69 Å². The van der Waals surface area contributed by atoms with Crippen molar-refractivity contribution in [3.8, 4) is 11.3 Å². The van der Waals surface area contributed by atoms with Crippen molar-refractivity contribution in [3.63, 3.8) is 0 Å². The first-order valence-corrected chi connectivity index (χ1v) is 6.88. The average molecular weight is 284 g/mol. The minimum absolute atomic E-state index is 0.150. The normalized spacial score (nSPS) is 10.8. The Morgan fingerprint density at radius 3 is 2.65 bits per heavy atom. The monoisotopic (exact) mass is 284 g/mol. The van der Waals surface area contributed by atoms with E-state index in [1.54, 1.807) is 0 Å². The summed E-state index contributed by atoms with van der Waals surface area (Å²) in [6, 6.07) is 11.7. The molecule has 0 atom stereocenters. The third kappa shape index (κ3) is 1.92. The molecule has 0 unspecified atom stereocenters. The van der Waals surface area contributed by atoms with Crippen LogP contribution < -0.4 is 5.73 Å². The maximum atomic E-state index is 11.1. The van der Waals surface area contributed by atoms with Gasteiger partial charge < -0.3 is 10.8 Å². The zero-order valence-corrected chi connectivity index (χ0v) is 11.6. The van der Waals surface area contributed by atoms with E-state index in [-0.39, 0.29) is 4.88 Å². The Labute approximate surface area is 119 Å². The molecule has 0 amide bonds. The minimum Gasteiger partial charge on any atom is -0.477 e. The zero-order valence-electron chi connectivity index (χ0n) is 10.8. The summed E-state index contributed by atoms with van der Waals surface area (Å²) in [5, 5.41) is 9.84. The number of carbonyl (C=O) groups is 1. The largest absolute Gasteiger partial charge is 0.477 e. The lowest BCUT2D eigenvalue weighted by molar-refractivity contribution is 0.0703. The molecule has 0 aliphatic carbocycles. The lowest BCUT2D eigenvalue weighted by Crippen LogP contribution is -1.97. The van der Waals surface area contributed by atoms with Crippen molar-refractivity contribution in [1.29, 1.82) is 0 Å². The molecule has 0 spiro atoms. The van der Waals surface area contributed by atoms with Crippen LogP contribution in [0.5, 0.6) is 0 Å². The predicted molar refractivity (Wildman–Crippen MR) is 81.2 cm³/mol. The number of nitrogens with two attached hydrogens (primary N) is 1. The van der Waals surface area contributed by atoms with Crippen molar-refractivity contribution in [2.45, 2.75) is 6.92 Å². The number of aryl methyl sites for hydroxylation is 1. The Hall–Kier alpha value is -2.40. The van der Waals surface area contributed by atoms with Crippen molar-refractivity contribution in [2.75, 3.05) is 5.73 Å². The van der Waals surface area contributed by atoms with Gasteiger partial charge in [0.2, 0.25) is 0 Å². The summed E-state index contributed by atoms with van der Waals surface area (Å²) in [7, 11) is 0. The zero-order chi connectivity index (χ0) is 14.3. The quantitative estimate of drug-likeness (QED) is 0.754. The molecule has 3 rings (SSSR count). The van der Waals surface area contributed by atoms with Gasteiger partial charge in [0.05, 0.1) is 11.4 Å². The number of anilines is 1. The van der Waals surface area contributed by atoms with E-state index in [0.29, 0.717) is 15.9 Å². The number of hydrogen-bond donors (Lipinski definition) is 2. The summed E-state index contributed by atoms with van der Waals surface area (Å²) in [5.41, 5.74) is 9.03. The number of rotatable bonds is 2. The van der Waals surface area contributed by atoms with Crippen molar-refractivity contribution < 1.29 is 9.90 Å². The van der Waals surface area contributed by atoms with Crippen LogP contribution in [0, 0.1) is 6.92 Å². The van der Waals surface area contributed by atoms with Crippen LogP contribution in [0.15, 0.2) is 36.4 Å². The van der Waals surface area contributed by atoms with Gasteiger partial charge in [0.25, 0.3) is 0 Å². The molecule has 100 valence electrons. The average Bonchev–Trinajstić information content (AvgIpc) is 2.76. The molecule has 4 nitrogen and oxygen atoms in total. The van der Waals surface area contributed by atoms with E-state index in [2.05, 4.69) is 4.98 Å². The van der Waals surface area contributed by atoms with Crippen molar-refractivity contribution in [3.05, 3.63) is 46.8 Å². The number of thiophene rings is 1. The van der Waals surface area contributed by atoms with Gasteiger partial charge in [0.1, 0.15) is 9.71 Å². The lowest BCUT2D eigenvalue weighted by atomic mass is 10.1. The first-order valence-electron chi connectivity index (χ1n) is 6.06. The smallest absolute Gasteiger partial charge is 0.348 e. The van der Waals surface area contributed by atoms with E-state index in [4.69, 9.17) is 10.8 Å². The number of nitrogens with zero attached hydrogens (tertiary/aromatic N) is 1. The number of benzene rings is 1. The van der Waals surface area contributed by atoms with E-state index in [1.165, 1.54) is 0 Å². The maximum Gasteiger partial charge on any atom is 0.348 e. The summed E-state index contributed by atoms with van der Waals surface area (Å²) >= 11 is 1.11. The highest BCUT2D eigenvalue weighted by Gasteiger charge is 2.17. The fourth-order valence-electron chi connectivity index (χ4n) is 2.19. The van der Waals surface area contributed by atoms with Gasteiger partial charge in [-0.2, -0.15) is 0 Å². The summed E-state index contributed by atoms with van der Waals surface area (Å²) in [5.74, 6) is -1.01. The third-order valence-corrected chi connectivity index (χ3v) is 4.26. The van der Waals surface area contributed by atoms with Crippen LogP contribution in [0.25, 0.3) is 21.5 Å². The van der Waals surface area contributed by atoms with Crippen LogP contribution in [0.1, 0.15) is 15.2 Å². The summed E-state index contributed by atoms with van der Waals surface area (Å²) < 4.78 is 0. The van der Waals surface area contributed by atoms with Crippen LogP contribution in [-0.2, 0) is 0 Å². The molecule has 0 aliphatic rings. The molecule has 0 saturated heterocycles. The Morgan fingerprint density at radius 2 is 2.00 bits per heavy atom. The molecular weight excluding hydrogens is 272 g/mol. The van der Waals surface area contributed by atoms with Crippen molar-refractivity contribution >= 4 is 33.2 Å². The van der Waals surface area contributed by atoms with E-state index in [9.17, 15) is 4.79 Å². The molecule has 3 aromatic rings. The molecule has 20 heavy (non-hydrogen) atoms. The SMILES string of the molecule is Cc1cc2c(N)c(C(=O)O)sc2nc1-c1ccccc1. The second-order valence-electron chi connectivity index (χ2n) is 4.52. The number of hydrogen-bond acceptors (Lipinski definition) is 4. The molecule has 2 aromatic heterocycles. The van der Waals surface area contributed by atoms with Gasteiger partial charge in [-0.25, -0.2) is 9.78 Å². The molecular formula is C15H12N2O2S. The first kappa shape index (κ1) is 12.6. The summed E-state index contributed by atoms with van der Waals surface area (Å²) in [6.07, 6.45) is 0. The van der Waals surface area contributed by atoms with Crippen LogP contribution in [0.3, 0.4) is 0 Å². The second-order valence-corrected chi connectivity index (χ2v) is 5.52. The minimum atomic E-state index is -1.01. The van der Waals surface area contributed by atoms with Gasteiger partial charge in [0, 0.05) is 10.9 Å². The van der Waals surface area contributed by atoms with Gasteiger partial charge in [-0.3, -0.25) is 0 Å². The van der Waals surface area contributed by atoms with Crippen molar-refractivity contribution in [1.82, 2.24) is 4.98 Å². The van der Waals surface area contributed by atoms with Crippen LogP contribution in [0.2, 0.25) is 0 Å². The molecule has 0 saturated carbocycles. The van der Waals surface area contributed by atoms with Gasteiger partial charge in [-0.1, -0.05) is 30.3 Å². The molecule has 3 N–H and O–H groups in total. The Balaban J connectivity index is 2.27. The van der Waals surface area contributed by atoms with Gasteiger partial charge in [-0.15, -0.1) is 11.3 Å². The van der Waals surface area contributed by atoms with Gasteiger partial charge in [-0.05, 0) is 18.6 Å². The molecule has 0 fully saturated rings. The maximum absolute atomic E-state index is 11.1. The standard InChI is InChI=1S/C15H12N2O2S/c1-8-7-10-11(16)13(15(18)19)20-14(10)17-12(8)9-5-3-2-4-6-9/h2-7H,16H2,1H3,(H,18,19). The lowest BCUT2D eigenvalue weighted by Gasteiger charge is -2.05. The van der Waals surface area contributed by atoms with Gasteiger partial charge >= 0.3 is 5.97 Å². The highest BCUT2D eigenvalue weighted by molar-refractivity contribution is 7.21. The molecule has 5 heteroatoms. The topological polar surface area (TPSA) is 76.2 Å². The molecule has 0 radical (unpaired) electrons. The Kier molecular flexibility index (Phi) is 2.91. The fraction of sp³-hybridized carbons (Fsp3) is 0.0667. The summed E-state index contributed by atoms with van der Waals surface area (Å²) in [6.45, 7) is 1.95. The van der Waals surface area contributed by atoms with Crippen LogP contribution in [-0.4, -0.2) is 16.1 Å². The van der Waals surface area contributed by atoms with E-state index >= 15 is 0 Å². The van der Waals surface area contributed by atoms with Crippen molar-refractivity contribution in [2.24, 2.45) is 0 Å². The summed E-state index contributed by atoms with van der Waals surface area (Å²) in [4.78, 5) is 16.5. The molecule has 2 heterocycles. The van der Waals surface area contributed by atoms with Crippen LogP contribution >= 0.6 is 11.3 Å². The number of nitrogen functional groups attached to an aromatic ring is 1. The Morgan fingerprint density at radius 1 is 1.30 bits per heavy atom. The predicted octanol–water partition coefficient (Wildman–Crippen LogP) is 3.55. The van der Waals surface area contributed by atoms with E-state index < -0.39 is 5.97 Å². The third-order valence-electron chi connectivity index (χ3n) is 3.15. The molecule has 1 aromatic carbocycles. The number of carboxylic acids is 1. The molecule has 0 aliphatic heterocycles. The van der Waals surface area contributed by atoms with Gasteiger partial charge in [0.15, 0.2) is 0 Å². The number of carboxylic acid groups (broad SMARTS) is 1. The van der Waals surface area contributed by atoms with E-state index in [1.807, 2.05) is 43.3 Å². The van der Waals surface area contributed by atoms with E-state index in [0.717, 1.165) is 28.2 Å². The highest BCUT2D eigenvalue weighted by Crippen LogP contribution is 2.35. The number of pyridine rings is 1. The number of fused-ring (bicyclic) bond motifs is 1. The Bertz CT molecular complexity index is 810. The number of aromatic carboxylic acids is 1. The second kappa shape index (κ2) is 4.61. The number of aromatic nitrogens is 1. The first-order chi connectivity index (χ1) is 9.58.